The van der Waals surface area contributed by atoms with Crippen LogP contribution in [0.1, 0.15) is 39.3 Å². The van der Waals surface area contributed by atoms with Crippen LogP contribution < -0.4 is 10.2 Å². The lowest BCUT2D eigenvalue weighted by Crippen LogP contribution is -2.45. The number of aryl methyl sites for hydroxylation is 1. The van der Waals surface area contributed by atoms with Gasteiger partial charge in [-0.2, -0.15) is 0 Å². The SMILES string of the molecule is CC.Cc1ccc(N2CC(C)NCCCC2=O)cn1. The molecule has 1 unspecified atom stereocenters. The molecule has 0 aromatic carbocycles. The number of amides is 1. The highest BCUT2D eigenvalue weighted by atomic mass is 16.2. The molecule has 2 heterocycles. The van der Waals surface area contributed by atoms with Crippen molar-refractivity contribution < 1.29 is 4.79 Å². The molecule has 0 spiro atoms. The standard InChI is InChI=1S/C13H19N3O.C2H6/c1-10-5-6-12(8-15-10)16-9-11(2)14-7-3-4-13(16)17;1-2/h5-6,8,11,14H,3-4,7,9H2,1-2H3;1-2H3. The minimum Gasteiger partial charge on any atom is -0.312 e. The number of nitrogens with one attached hydrogen (secondary N) is 1. The third-order valence-electron chi connectivity index (χ3n) is 3.03. The van der Waals surface area contributed by atoms with Gasteiger partial charge in [-0.1, -0.05) is 13.8 Å². The van der Waals surface area contributed by atoms with Crippen molar-refractivity contribution in [2.75, 3.05) is 18.0 Å². The van der Waals surface area contributed by atoms with E-state index in [0.29, 0.717) is 19.0 Å². The van der Waals surface area contributed by atoms with E-state index in [4.69, 9.17) is 0 Å². The van der Waals surface area contributed by atoms with Crippen molar-refractivity contribution in [1.29, 1.82) is 0 Å². The normalized spacial score (nSPS) is 20.1. The molecule has 1 aromatic heterocycles. The Kier molecular flexibility index (Phi) is 6.50. The maximum absolute atomic E-state index is 12.1. The van der Waals surface area contributed by atoms with E-state index in [-0.39, 0.29) is 5.91 Å². The molecular weight excluding hydrogens is 238 g/mol. The number of hydrogen-bond acceptors (Lipinski definition) is 3. The van der Waals surface area contributed by atoms with Crippen molar-refractivity contribution in [2.45, 2.75) is 46.6 Å². The number of rotatable bonds is 1. The van der Waals surface area contributed by atoms with Crippen LogP contribution in [-0.2, 0) is 4.79 Å². The van der Waals surface area contributed by atoms with Gasteiger partial charge in [-0.25, -0.2) is 0 Å². The highest BCUT2D eigenvalue weighted by Gasteiger charge is 2.20. The van der Waals surface area contributed by atoms with E-state index < -0.39 is 0 Å². The predicted octanol–water partition coefficient (Wildman–Crippen LogP) is 2.52. The number of nitrogens with zero attached hydrogens (tertiary/aromatic N) is 2. The second kappa shape index (κ2) is 7.89. The molecule has 0 aliphatic carbocycles. The van der Waals surface area contributed by atoms with E-state index in [9.17, 15) is 4.79 Å². The smallest absolute Gasteiger partial charge is 0.227 e. The molecule has 1 N–H and O–H groups in total. The van der Waals surface area contributed by atoms with Crippen LogP contribution in [0.3, 0.4) is 0 Å². The first kappa shape index (κ1) is 15.6. The molecule has 106 valence electrons. The first-order valence-corrected chi connectivity index (χ1v) is 7.13. The van der Waals surface area contributed by atoms with Gasteiger partial charge < -0.3 is 10.2 Å². The molecule has 1 amide bonds. The number of hydrogen-bond donors (Lipinski definition) is 1. The molecule has 1 aliphatic heterocycles. The Labute approximate surface area is 116 Å². The zero-order chi connectivity index (χ0) is 14.3. The second-order valence-electron chi connectivity index (χ2n) is 4.62. The Hall–Kier alpha value is -1.42. The molecule has 0 radical (unpaired) electrons. The van der Waals surface area contributed by atoms with E-state index in [0.717, 1.165) is 24.3 Å². The summed E-state index contributed by atoms with van der Waals surface area (Å²) in [5.74, 6) is 0.198. The highest BCUT2D eigenvalue weighted by molar-refractivity contribution is 5.93. The minimum absolute atomic E-state index is 0.198. The Morgan fingerprint density at radius 2 is 2.11 bits per heavy atom. The summed E-state index contributed by atoms with van der Waals surface area (Å²) >= 11 is 0. The van der Waals surface area contributed by atoms with Gasteiger partial charge in [0.25, 0.3) is 0 Å². The Morgan fingerprint density at radius 3 is 2.74 bits per heavy atom. The molecule has 1 aromatic rings. The van der Waals surface area contributed by atoms with Crippen LogP contribution in [0.25, 0.3) is 0 Å². The Balaban J connectivity index is 0.000000861. The molecule has 1 aliphatic rings. The molecule has 1 saturated heterocycles. The van der Waals surface area contributed by atoms with E-state index in [1.165, 1.54) is 0 Å². The molecule has 19 heavy (non-hydrogen) atoms. The molecular formula is C15H25N3O. The molecule has 0 bridgehead atoms. The largest absolute Gasteiger partial charge is 0.312 e. The van der Waals surface area contributed by atoms with Gasteiger partial charge in [-0.05, 0) is 38.9 Å². The summed E-state index contributed by atoms with van der Waals surface area (Å²) in [7, 11) is 0. The lowest BCUT2D eigenvalue weighted by Gasteiger charge is -2.28. The van der Waals surface area contributed by atoms with Gasteiger partial charge in [0.15, 0.2) is 0 Å². The molecule has 4 heteroatoms. The highest BCUT2D eigenvalue weighted by Crippen LogP contribution is 2.16. The van der Waals surface area contributed by atoms with Crippen LogP contribution in [0.5, 0.6) is 0 Å². The summed E-state index contributed by atoms with van der Waals surface area (Å²) in [6.45, 7) is 9.69. The number of carbonyl (C=O) groups excluding carboxylic acids is 1. The van der Waals surface area contributed by atoms with Gasteiger partial charge in [-0.15, -0.1) is 0 Å². The van der Waals surface area contributed by atoms with Crippen molar-refractivity contribution in [3.8, 4) is 0 Å². The van der Waals surface area contributed by atoms with Crippen LogP contribution in [0.4, 0.5) is 5.69 Å². The summed E-state index contributed by atoms with van der Waals surface area (Å²) in [4.78, 5) is 18.2. The topological polar surface area (TPSA) is 45.2 Å². The van der Waals surface area contributed by atoms with E-state index in [1.807, 2.05) is 37.8 Å². The van der Waals surface area contributed by atoms with Crippen LogP contribution in [0, 0.1) is 6.92 Å². The Morgan fingerprint density at radius 1 is 1.37 bits per heavy atom. The van der Waals surface area contributed by atoms with Gasteiger partial charge in [0, 0.05) is 24.7 Å². The van der Waals surface area contributed by atoms with Gasteiger partial charge in [0.1, 0.15) is 0 Å². The van der Waals surface area contributed by atoms with Crippen molar-refractivity contribution in [3.63, 3.8) is 0 Å². The average molecular weight is 263 g/mol. The van der Waals surface area contributed by atoms with E-state index >= 15 is 0 Å². The first-order valence-electron chi connectivity index (χ1n) is 7.13. The fraction of sp³-hybridized carbons (Fsp3) is 0.600. The fourth-order valence-electron chi connectivity index (χ4n) is 2.03. The average Bonchev–Trinajstić information content (AvgIpc) is 2.42. The van der Waals surface area contributed by atoms with Crippen LogP contribution in [0.2, 0.25) is 0 Å². The zero-order valence-electron chi connectivity index (χ0n) is 12.4. The quantitative estimate of drug-likeness (QED) is 0.847. The van der Waals surface area contributed by atoms with E-state index in [1.54, 1.807) is 6.20 Å². The van der Waals surface area contributed by atoms with Gasteiger partial charge in [0.2, 0.25) is 5.91 Å². The third-order valence-corrected chi connectivity index (χ3v) is 3.03. The fourth-order valence-corrected chi connectivity index (χ4v) is 2.03. The molecule has 1 atom stereocenters. The monoisotopic (exact) mass is 263 g/mol. The molecule has 1 fully saturated rings. The van der Waals surface area contributed by atoms with Crippen molar-refractivity contribution >= 4 is 11.6 Å². The Bertz CT molecular complexity index is 389. The second-order valence-corrected chi connectivity index (χ2v) is 4.62. The van der Waals surface area contributed by atoms with Crippen molar-refractivity contribution in [3.05, 3.63) is 24.0 Å². The van der Waals surface area contributed by atoms with E-state index in [2.05, 4.69) is 17.2 Å². The lowest BCUT2D eigenvalue weighted by molar-refractivity contribution is -0.119. The minimum atomic E-state index is 0.198. The predicted molar refractivity (Wildman–Crippen MR) is 79.4 cm³/mol. The molecule has 4 nitrogen and oxygen atoms in total. The van der Waals surface area contributed by atoms with Crippen LogP contribution in [0.15, 0.2) is 18.3 Å². The van der Waals surface area contributed by atoms with Crippen molar-refractivity contribution in [1.82, 2.24) is 10.3 Å². The molecule has 2 rings (SSSR count). The number of carbonyl (C=O) groups is 1. The summed E-state index contributed by atoms with van der Waals surface area (Å²) < 4.78 is 0. The van der Waals surface area contributed by atoms with Gasteiger partial charge in [0.05, 0.1) is 11.9 Å². The summed E-state index contributed by atoms with van der Waals surface area (Å²) in [6.07, 6.45) is 3.29. The number of pyridine rings is 1. The van der Waals surface area contributed by atoms with Crippen LogP contribution >= 0.6 is 0 Å². The number of aromatic nitrogens is 1. The van der Waals surface area contributed by atoms with Crippen molar-refractivity contribution in [2.24, 2.45) is 0 Å². The summed E-state index contributed by atoms with van der Waals surface area (Å²) in [5, 5.41) is 3.40. The maximum atomic E-state index is 12.1. The number of anilines is 1. The third kappa shape index (κ3) is 4.63. The van der Waals surface area contributed by atoms with Gasteiger partial charge in [-0.3, -0.25) is 9.78 Å². The lowest BCUT2D eigenvalue weighted by atomic mass is 10.1. The summed E-state index contributed by atoms with van der Waals surface area (Å²) in [6, 6.07) is 4.23. The molecule has 0 saturated carbocycles. The van der Waals surface area contributed by atoms with Gasteiger partial charge >= 0.3 is 0 Å². The maximum Gasteiger partial charge on any atom is 0.227 e. The first-order chi connectivity index (χ1) is 9.16. The van der Waals surface area contributed by atoms with Crippen LogP contribution in [-0.4, -0.2) is 30.0 Å². The summed E-state index contributed by atoms with van der Waals surface area (Å²) in [5.41, 5.74) is 1.87. The zero-order valence-corrected chi connectivity index (χ0v) is 12.4.